The zero-order valence-corrected chi connectivity index (χ0v) is 11.5. The van der Waals surface area contributed by atoms with Crippen molar-refractivity contribution in [1.82, 2.24) is 25.1 Å². The van der Waals surface area contributed by atoms with Gasteiger partial charge in [-0.25, -0.2) is 0 Å². The van der Waals surface area contributed by atoms with Gasteiger partial charge in [0.15, 0.2) is 5.65 Å². The summed E-state index contributed by atoms with van der Waals surface area (Å²) in [6, 6.07) is 0. The van der Waals surface area contributed by atoms with Crippen molar-refractivity contribution in [2.45, 2.75) is 20.3 Å². The van der Waals surface area contributed by atoms with Crippen LogP contribution in [-0.4, -0.2) is 51.2 Å². The fourth-order valence-corrected chi connectivity index (χ4v) is 2.04. The number of H-pyrrole nitrogens is 1. The van der Waals surface area contributed by atoms with Crippen molar-refractivity contribution in [3.05, 3.63) is 6.20 Å². The number of anilines is 2. The first-order valence-electron chi connectivity index (χ1n) is 6.67. The van der Waals surface area contributed by atoms with E-state index >= 15 is 0 Å². The van der Waals surface area contributed by atoms with E-state index in [0.29, 0.717) is 5.65 Å². The molecule has 0 atom stereocenters. The molecule has 0 aromatic carbocycles. The molecule has 2 aromatic rings. The van der Waals surface area contributed by atoms with E-state index in [1.54, 1.807) is 6.20 Å². The smallest absolute Gasteiger partial charge is 0.224 e. The van der Waals surface area contributed by atoms with Gasteiger partial charge < -0.3 is 16.0 Å². The number of hydrogen-bond acceptors (Lipinski definition) is 6. The molecule has 0 unspecified atom stereocenters. The van der Waals surface area contributed by atoms with Crippen molar-refractivity contribution in [3.63, 3.8) is 0 Å². The minimum atomic E-state index is 0.253. The maximum Gasteiger partial charge on any atom is 0.224 e. The number of fused-ring (bicyclic) bond motifs is 1. The van der Waals surface area contributed by atoms with Crippen molar-refractivity contribution in [3.8, 4) is 0 Å². The monoisotopic (exact) mass is 263 g/mol. The molecule has 0 aliphatic carbocycles. The predicted octanol–water partition coefficient (Wildman–Crippen LogP) is 1.08. The summed E-state index contributed by atoms with van der Waals surface area (Å²) in [4.78, 5) is 10.7. The van der Waals surface area contributed by atoms with Gasteiger partial charge in [0.2, 0.25) is 5.95 Å². The third-order valence-corrected chi connectivity index (χ3v) is 3.17. The molecule has 0 saturated carbocycles. The third kappa shape index (κ3) is 3.31. The predicted molar refractivity (Wildman–Crippen MR) is 77.0 cm³/mol. The molecule has 2 rings (SSSR count). The highest BCUT2D eigenvalue weighted by Crippen LogP contribution is 2.18. The second-order valence-electron chi connectivity index (χ2n) is 4.37. The highest BCUT2D eigenvalue weighted by atomic mass is 15.2. The van der Waals surface area contributed by atoms with Gasteiger partial charge in [-0.1, -0.05) is 13.8 Å². The van der Waals surface area contributed by atoms with Gasteiger partial charge in [-0.05, 0) is 26.1 Å². The molecule has 104 valence electrons. The number of nitrogen functional groups attached to an aromatic ring is 1. The van der Waals surface area contributed by atoms with Crippen molar-refractivity contribution in [1.29, 1.82) is 0 Å². The fraction of sp³-hybridized carbons (Fsp3) is 0.583. The maximum atomic E-state index is 5.66. The molecular formula is C12H21N7. The molecule has 0 aliphatic heterocycles. The molecule has 2 aromatic heterocycles. The Bertz CT molecular complexity index is 518. The largest absolute Gasteiger partial charge is 0.369 e. The summed E-state index contributed by atoms with van der Waals surface area (Å²) in [6.45, 7) is 8.46. The molecule has 0 bridgehead atoms. The Morgan fingerprint density at radius 3 is 2.84 bits per heavy atom. The standard InChI is InChI=1S/C12H21N7/c1-3-19(4-2)7-5-6-14-10-9-8-15-18-11(9)17-12(13)16-10/h8H,3-7H2,1-2H3,(H4,13,14,15,16,17,18). The van der Waals surface area contributed by atoms with Crippen LogP contribution >= 0.6 is 0 Å². The molecule has 0 spiro atoms. The number of nitrogens with two attached hydrogens (primary N) is 1. The molecule has 19 heavy (non-hydrogen) atoms. The van der Waals surface area contributed by atoms with Crippen molar-refractivity contribution >= 4 is 22.8 Å². The first-order chi connectivity index (χ1) is 9.24. The number of aromatic amines is 1. The molecule has 0 aliphatic rings. The Morgan fingerprint density at radius 1 is 1.32 bits per heavy atom. The normalized spacial score (nSPS) is 11.3. The van der Waals surface area contributed by atoms with Gasteiger partial charge in [0, 0.05) is 6.54 Å². The van der Waals surface area contributed by atoms with Gasteiger partial charge in [0.05, 0.1) is 11.6 Å². The zero-order valence-electron chi connectivity index (χ0n) is 11.5. The summed E-state index contributed by atoms with van der Waals surface area (Å²) in [6.07, 6.45) is 2.77. The van der Waals surface area contributed by atoms with Crippen LogP contribution in [0.2, 0.25) is 0 Å². The van der Waals surface area contributed by atoms with E-state index in [-0.39, 0.29) is 5.95 Å². The molecule has 7 nitrogen and oxygen atoms in total. The second-order valence-corrected chi connectivity index (χ2v) is 4.37. The van der Waals surface area contributed by atoms with Crippen LogP contribution in [0.4, 0.5) is 11.8 Å². The Labute approximate surface area is 112 Å². The van der Waals surface area contributed by atoms with Crippen LogP contribution in [0, 0.1) is 0 Å². The van der Waals surface area contributed by atoms with Crippen LogP contribution in [0.15, 0.2) is 6.20 Å². The lowest BCUT2D eigenvalue weighted by Crippen LogP contribution is -2.25. The Hall–Kier alpha value is -1.89. The summed E-state index contributed by atoms with van der Waals surface area (Å²) < 4.78 is 0. The molecule has 0 fully saturated rings. The van der Waals surface area contributed by atoms with E-state index in [1.807, 2.05) is 0 Å². The fourth-order valence-electron chi connectivity index (χ4n) is 2.04. The molecular weight excluding hydrogens is 242 g/mol. The van der Waals surface area contributed by atoms with Crippen LogP contribution in [0.5, 0.6) is 0 Å². The number of hydrogen-bond donors (Lipinski definition) is 3. The summed E-state index contributed by atoms with van der Waals surface area (Å²) in [5, 5.41) is 10.9. The topological polar surface area (TPSA) is 95.7 Å². The van der Waals surface area contributed by atoms with Gasteiger partial charge in [0.1, 0.15) is 5.82 Å². The van der Waals surface area contributed by atoms with Gasteiger partial charge in [0.25, 0.3) is 0 Å². The van der Waals surface area contributed by atoms with Crippen LogP contribution in [0.25, 0.3) is 11.0 Å². The third-order valence-electron chi connectivity index (χ3n) is 3.17. The second kappa shape index (κ2) is 6.33. The molecule has 2 heterocycles. The van der Waals surface area contributed by atoms with E-state index < -0.39 is 0 Å². The van der Waals surface area contributed by atoms with Crippen LogP contribution in [0.1, 0.15) is 20.3 Å². The Balaban J connectivity index is 1.92. The molecule has 0 amide bonds. The zero-order chi connectivity index (χ0) is 13.7. The highest BCUT2D eigenvalue weighted by Gasteiger charge is 2.07. The Kier molecular flexibility index (Phi) is 4.51. The highest BCUT2D eigenvalue weighted by molar-refractivity contribution is 5.86. The Morgan fingerprint density at radius 2 is 2.11 bits per heavy atom. The minimum absolute atomic E-state index is 0.253. The van der Waals surface area contributed by atoms with Gasteiger partial charge in [-0.15, -0.1) is 0 Å². The quantitative estimate of drug-likeness (QED) is 0.647. The average Bonchev–Trinajstić information content (AvgIpc) is 2.86. The lowest BCUT2D eigenvalue weighted by atomic mass is 10.3. The van der Waals surface area contributed by atoms with E-state index in [0.717, 1.165) is 43.8 Å². The SMILES string of the molecule is CCN(CC)CCCNc1nc(N)nc2[nH]ncc12. The van der Waals surface area contributed by atoms with E-state index in [2.05, 4.69) is 44.2 Å². The molecule has 4 N–H and O–H groups in total. The van der Waals surface area contributed by atoms with Crippen LogP contribution < -0.4 is 11.1 Å². The summed E-state index contributed by atoms with van der Waals surface area (Å²) in [5.74, 6) is 0.999. The first kappa shape index (κ1) is 13.5. The number of nitrogens with one attached hydrogen (secondary N) is 2. The van der Waals surface area contributed by atoms with Crippen LogP contribution in [-0.2, 0) is 0 Å². The van der Waals surface area contributed by atoms with Gasteiger partial charge >= 0.3 is 0 Å². The summed E-state index contributed by atoms with van der Waals surface area (Å²) in [5.41, 5.74) is 6.33. The number of aromatic nitrogens is 4. The molecule has 0 saturated heterocycles. The van der Waals surface area contributed by atoms with E-state index in [1.165, 1.54) is 0 Å². The van der Waals surface area contributed by atoms with Crippen molar-refractivity contribution in [2.75, 3.05) is 37.2 Å². The van der Waals surface area contributed by atoms with Gasteiger partial charge in [-0.3, -0.25) is 5.10 Å². The number of nitrogens with zero attached hydrogens (tertiary/aromatic N) is 4. The minimum Gasteiger partial charge on any atom is -0.369 e. The maximum absolute atomic E-state index is 5.66. The van der Waals surface area contributed by atoms with E-state index in [9.17, 15) is 0 Å². The molecule has 7 heteroatoms. The van der Waals surface area contributed by atoms with Gasteiger partial charge in [-0.2, -0.15) is 15.1 Å². The van der Waals surface area contributed by atoms with Crippen LogP contribution in [0.3, 0.4) is 0 Å². The summed E-state index contributed by atoms with van der Waals surface area (Å²) in [7, 11) is 0. The summed E-state index contributed by atoms with van der Waals surface area (Å²) >= 11 is 0. The lowest BCUT2D eigenvalue weighted by Gasteiger charge is -2.17. The molecule has 0 radical (unpaired) electrons. The van der Waals surface area contributed by atoms with Crippen molar-refractivity contribution < 1.29 is 0 Å². The first-order valence-corrected chi connectivity index (χ1v) is 6.67. The van der Waals surface area contributed by atoms with E-state index in [4.69, 9.17) is 5.73 Å². The average molecular weight is 263 g/mol. The van der Waals surface area contributed by atoms with Crippen molar-refractivity contribution in [2.24, 2.45) is 0 Å². The number of rotatable bonds is 7. The lowest BCUT2D eigenvalue weighted by molar-refractivity contribution is 0.303.